The van der Waals surface area contributed by atoms with Gasteiger partial charge in [-0.25, -0.2) is 9.37 Å². The zero-order valence-corrected chi connectivity index (χ0v) is 18.7. The molecule has 1 fully saturated rings. The lowest BCUT2D eigenvalue weighted by Crippen LogP contribution is -2.44. The van der Waals surface area contributed by atoms with E-state index in [0.29, 0.717) is 22.8 Å². The summed E-state index contributed by atoms with van der Waals surface area (Å²) in [6.07, 6.45) is 2.34. The highest BCUT2D eigenvalue weighted by Gasteiger charge is 2.18. The Morgan fingerprint density at radius 2 is 1.97 bits per heavy atom. The predicted octanol–water partition coefficient (Wildman–Crippen LogP) is 3.73. The average Bonchev–Trinajstić information content (AvgIpc) is 2.82. The second kappa shape index (κ2) is 10.2. The molecule has 1 aliphatic rings. The molecular formula is C24H25FN6O3. The summed E-state index contributed by atoms with van der Waals surface area (Å²) in [6.45, 7) is 6.70. The number of rotatable bonds is 7. The van der Waals surface area contributed by atoms with Crippen LogP contribution in [0.3, 0.4) is 0 Å². The van der Waals surface area contributed by atoms with Crippen LogP contribution in [-0.2, 0) is 4.79 Å². The molecule has 2 heterocycles. The quantitative estimate of drug-likeness (QED) is 0.455. The van der Waals surface area contributed by atoms with E-state index >= 15 is 0 Å². The van der Waals surface area contributed by atoms with Crippen LogP contribution in [0.1, 0.15) is 0 Å². The lowest BCUT2D eigenvalue weighted by molar-refractivity contribution is -0.111. The largest absolute Gasteiger partial charge is 0.502 e. The molecule has 9 nitrogen and oxygen atoms in total. The topological polar surface area (TPSA) is 103 Å². The highest BCUT2D eigenvalue weighted by molar-refractivity contribution is 5.98. The molecule has 176 valence electrons. The molecule has 1 aromatic heterocycles. The van der Waals surface area contributed by atoms with Crippen LogP contribution in [0.25, 0.3) is 0 Å². The van der Waals surface area contributed by atoms with Crippen LogP contribution in [0, 0.1) is 5.82 Å². The van der Waals surface area contributed by atoms with Gasteiger partial charge in [0.05, 0.1) is 11.9 Å². The maximum absolute atomic E-state index is 14.8. The van der Waals surface area contributed by atoms with Crippen LogP contribution in [-0.4, -0.2) is 59.1 Å². The fourth-order valence-corrected chi connectivity index (χ4v) is 3.45. The van der Waals surface area contributed by atoms with E-state index in [0.717, 1.165) is 32.3 Å². The maximum Gasteiger partial charge on any atom is 0.267 e. The number of nitrogens with one attached hydrogen (secondary N) is 2. The molecular weight excluding hydrogens is 439 g/mol. The van der Waals surface area contributed by atoms with Crippen molar-refractivity contribution in [2.24, 2.45) is 0 Å². The molecule has 0 atom stereocenters. The van der Waals surface area contributed by atoms with Crippen LogP contribution in [0.4, 0.5) is 27.4 Å². The van der Waals surface area contributed by atoms with Crippen LogP contribution in [0.2, 0.25) is 0 Å². The summed E-state index contributed by atoms with van der Waals surface area (Å²) < 4.78 is 20.5. The first-order valence-electron chi connectivity index (χ1n) is 10.7. The Balaban J connectivity index is 1.47. The third-order valence-corrected chi connectivity index (χ3v) is 5.28. The molecule has 0 unspecified atom stereocenters. The van der Waals surface area contributed by atoms with Crippen LogP contribution >= 0.6 is 0 Å². The Kier molecular flexibility index (Phi) is 6.88. The van der Waals surface area contributed by atoms with Crippen molar-refractivity contribution in [3.05, 3.63) is 67.1 Å². The summed E-state index contributed by atoms with van der Waals surface area (Å²) in [7, 11) is 2.05. The number of aromatic hydroxyl groups is 1. The fraction of sp³-hybridized carbons (Fsp3) is 0.208. The number of carbonyl (C=O) groups is 1. The van der Waals surface area contributed by atoms with Crippen molar-refractivity contribution in [2.75, 3.05) is 48.8 Å². The maximum atomic E-state index is 14.8. The molecule has 0 radical (unpaired) electrons. The Morgan fingerprint density at radius 1 is 1.18 bits per heavy atom. The predicted molar refractivity (Wildman–Crippen MR) is 128 cm³/mol. The summed E-state index contributed by atoms with van der Waals surface area (Å²) in [4.78, 5) is 23.9. The molecule has 1 saturated heterocycles. The summed E-state index contributed by atoms with van der Waals surface area (Å²) in [5, 5.41) is 15.7. The van der Waals surface area contributed by atoms with Crippen molar-refractivity contribution in [3.63, 3.8) is 0 Å². The average molecular weight is 465 g/mol. The second-order valence-corrected chi connectivity index (χ2v) is 7.79. The normalized spacial score (nSPS) is 13.9. The minimum Gasteiger partial charge on any atom is -0.502 e. The number of aromatic nitrogens is 2. The number of ether oxygens (including phenoxy) is 1. The molecule has 1 aliphatic heterocycles. The molecule has 2 aromatic carbocycles. The molecule has 3 aromatic rings. The van der Waals surface area contributed by atoms with Crippen molar-refractivity contribution in [1.29, 1.82) is 0 Å². The number of halogens is 1. The van der Waals surface area contributed by atoms with Crippen molar-refractivity contribution in [1.82, 2.24) is 14.9 Å². The number of carbonyl (C=O) groups excluding carboxylic acids is 1. The Labute approximate surface area is 196 Å². The number of anilines is 4. The van der Waals surface area contributed by atoms with Gasteiger partial charge in [-0.05, 0) is 43.5 Å². The lowest BCUT2D eigenvalue weighted by atomic mass is 10.2. The molecule has 3 N–H and O–H groups in total. The third-order valence-electron chi connectivity index (χ3n) is 5.28. The van der Waals surface area contributed by atoms with Crippen molar-refractivity contribution < 1.29 is 19.0 Å². The van der Waals surface area contributed by atoms with Gasteiger partial charge >= 0.3 is 0 Å². The first kappa shape index (κ1) is 23.0. The summed E-state index contributed by atoms with van der Waals surface area (Å²) in [5.74, 6) is -0.621. The first-order chi connectivity index (χ1) is 16.4. The molecule has 4 rings (SSSR count). The second-order valence-electron chi connectivity index (χ2n) is 7.79. The Bertz CT molecular complexity index is 1200. The van der Waals surface area contributed by atoms with Crippen LogP contribution in [0.15, 0.2) is 61.3 Å². The molecule has 0 spiro atoms. The van der Waals surface area contributed by atoms with E-state index in [9.17, 15) is 14.3 Å². The van der Waals surface area contributed by atoms with Gasteiger partial charge in [-0.3, -0.25) is 4.79 Å². The number of piperazine rings is 1. The van der Waals surface area contributed by atoms with Gasteiger partial charge in [0, 0.05) is 43.6 Å². The first-order valence-corrected chi connectivity index (χ1v) is 10.7. The number of nitrogens with zero attached hydrogens (tertiary/aromatic N) is 4. The minimum absolute atomic E-state index is 0.0979. The SMILES string of the molecule is C=CC(=O)Nc1cccc(Oc2nc(Nc3ccc(N4CCN(C)CC4)c(F)c3)ncc2O)c1. The number of hydrogen-bond acceptors (Lipinski definition) is 8. The Morgan fingerprint density at radius 3 is 2.71 bits per heavy atom. The van der Waals surface area contributed by atoms with Gasteiger partial charge in [-0.1, -0.05) is 12.6 Å². The van der Waals surface area contributed by atoms with E-state index in [4.69, 9.17) is 4.74 Å². The Hall–Kier alpha value is -4.18. The van der Waals surface area contributed by atoms with Gasteiger partial charge in [-0.15, -0.1) is 0 Å². The summed E-state index contributed by atoms with van der Waals surface area (Å²) >= 11 is 0. The fourth-order valence-electron chi connectivity index (χ4n) is 3.45. The zero-order chi connectivity index (χ0) is 24.1. The van der Waals surface area contributed by atoms with Gasteiger partial charge in [0.25, 0.3) is 5.88 Å². The van der Waals surface area contributed by atoms with E-state index in [1.54, 1.807) is 36.4 Å². The minimum atomic E-state index is -0.362. The summed E-state index contributed by atoms with van der Waals surface area (Å²) in [5.41, 5.74) is 1.50. The van der Waals surface area contributed by atoms with Crippen LogP contribution < -0.4 is 20.3 Å². The standard InChI is InChI=1S/C24H25FN6O3/c1-3-22(33)27-16-5-4-6-18(13-16)34-23-21(32)15-26-24(29-23)28-17-7-8-20(19(25)14-17)31-11-9-30(2)10-12-31/h3-8,13-15,32H,1,9-12H2,2H3,(H,27,33)(H,26,28,29). The van der Waals surface area contributed by atoms with Gasteiger partial charge < -0.3 is 30.3 Å². The molecule has 34 heavy (non-hydrogen) atoms. The van der Waals surface area contributed by atoms with Crippen molar-refractivity contribution in [2.45, 2.75) is 0 Å². The van der Waals surface area contributed by atoms with Gasteiger partial charge in [0.1, 0.15) is 11.6 Å². The van der Waals surface area contributed by atoms with E-state index in [1.807, 2.05) is 11.9 Å². The number of hydrogen-bond donors (Lipinski definition) is 3. The van der Waals surface area contributed by atoms with Gasteiger partial charge in [0.15, 0.2) is 5.75 Å². The van der Waals surface area contributed by atoms with E-state index < -0.39 is 0 Å². The number of likely N-dealkylation sites (N-methyl/N-ethyl adjacent to an activating group) is 1. The highest BCUT2D eigenvalue weighted by atomic mass is 19.1. The molecule has 0 aliphatic carbocycles. The lowest BCUT2D eigenvalue weighted by Gasteiger charge is -2.34. The van der Waals surface area contributed by atoms with E-state index in [1.165, 1.54) is 12.3 Å². The van der Waals surface area contributed by atoms with Crippen molar-refractivity contribution >= 4 is 28.9 Å². The third kappa shape index (κ3) is 5.59. The zero-order valence-electron chi connectivity index (χ0n) is 18.7. The monoisotopic (exact) mass is 464 g/mol. The van der Waals surface area contributed by atoms with Crippen molar-refractivity contribution in [3.8, 4) is 17.4 Å². The smallest absolute Gasteiger partial charge is 0.267 e. The van der Waals surface area contributed by atoms with E-state index in [2.05, 4.69) is 32.1 Å². The summed E-state index contributed by atoms with van der Waals surface area (Å²) in [6, 6.07) is 11.4. The molecule has 10 heteroatoms. The highest BCUT2D eigenvalue weighted by Crippen LogP contribution is 2.31. The molecule has 0 bridgehead atoms. The van der Waals surface area contributed by atoms with E-state index in [-0.39, 0.29) is 29.3 Å². The number of amides is 1. The van der Waals surface area contributed by atoms with Gasteiger partial charge in [-0.2, -0.15) is 4.98 Å². The van der Waals surface area contributed by atoms with Crippen LogP contribution in [0.5, 0.6) is 17.4 Å². The molecule has 0 saturated carbocycles. The molecule has 1 amide bonds. The number of benzene rings is 2. The van der Waals surface area contributed by atoms with Gasteiger partial charge in [0.2, 0.25) is 11.9 Å².